The van der Waals surface area contributed by atoms with Gasteiger partial charge in [-0.15, -0.1) is 0 Å². The molecule has 1 aliphatic heterocycles. The van der Waals surface area contributed by atoms with Crippen molar-refractivity contribution in [3.8, 4) is 5.75 Å². The van der Waals surface area contributed by atoms with Crippen molar-refractivity contribution in [3.05, 3.63) is 41.0 Å². The molecule has 0 aliphatic carbocycles. The van der Waals surface area contributed by atoms with Crippen LogP contribution in [-0.2, 0) is 0 Å². The van der Waals surface area contributed by atoms with Gasteiger partial charge in [-0.2, -0.15) is 5.10 Å². The van der Waals surface area contributed by atoms with Gasteiger partial charge in [-0.1, -0.05) is 24.4 Å². The Kier molecular flexibility index (Phi) is 4.06. The highest BCUT2D eigenvalue weighted by atomic mass is 32.1. The van der Waals surface area contributed by atoms with Gasteiger partial charge in [-0.3, -0.25) is 5.10 Å². The van der Waals surface area contributed by atoms with E-state index in [1.165, 1.54) is 0 Å². The molecule has 110 valence electrons. The molecule has 3 rings (SSSR count). The summed E-state index contributed by atoms with van der Waals surface area (Å²) in [6, 6.07) is 12.0. The summed E-state index contributed by atoms with van der Waals surface area (Å²) in [5.41, 5.74) is 1.15. The van der Waals surface area contributed by atoms with Gasteiger partial charge in [-0.25, -0.2) is 0 Å². The summed E-state index contributed by atoms with van der Waals surface area (Å²) in [7, 11) is 1.71. The molecule has 6 heteroatoms. The Morgan fingerprint density at radius 3 is 2.43 bits per heavy atom. The normalized spacial score (nSPS) is 15.1. The van der Waals surface area contributed by atoms with E-state index in [4.69, 9.17) is 17.0 Å². The second-order valence-corrected chi connectivity index (χ2v) is 5.37. The van der Waals surface area contributed by atoms with Crippen LogP contribution in [-0.4, -0.2) is 43.5 Å². The minimum Gasteiger partial charge on any atom is -0.495 e. The van der Waals surface area contributed by atoms with Crippen LogP contribution in [0.1, 0.15) is 0 Å². The average Bonchev–Trinajstić information content (AvgIpc) is 2.56. The van der Waals surface area contributed by atoms with Crippen LogP contribution in [0.2, 0.25) is 0 Å². The molecule has 1 N–H and O–H groups in total. The van der Waals surface area contributed by atoms with Crippen LogP contribution in [0.25, 0.3) is 0 Å². The van der Waals surface area contributed by atoms with Crippen molar-refractivity contribution in [1.29, 1.82) is 0 Å². The smallest absolute Gasteiger partial charge is 0.149 e. The fourth-order valence-electron chi connectivity index (χ4n) is 2.58. The van der Waals surface area contributed by atoms with Crippen molar-refractivity contribution in [2.75, 3.05) is 43.1 Å². The van der Waals surface area contributed by atoms with E-state index in [0.717, 1.165) is 43.4 Å². The van der Waals surface area contributed by atoms with Gasteiger partial charge in [0, 0.05) is 26.2 Å². The lowest BCUT2D eigenvalue weighted by atomic mass is 10.2. The number of aromatic nitrogens is 2. The van der Waals surface area contributed by atoms with Crippen LogP contribution < -0.4 is 14.5 Å². The molecule has 2 heterocycles. The highest BCUT2D eigenvalue weighted by molar-refractivity contribution is 7.71. The highest BCUT2D eigenvalue weighted by Crippen LogP contribution is 2.28. The van der Waals surface area contributed by atoms with Gasteiger partial charge in [0.1, 0.15) is 16.2 Å². The number of nitrogens with zero attached hydrogens (tertiary/aromatic N) is 3. The number of methoxy groups -OCH3 is 1. The molecule has 21 heavy (non-hydrogen) atoms. The largest absolute Gasteiger partial charge is 0.495 e. The van der Waals surface area contributed by atoms with Gasteiger partial charge in [-0.05, 0) is 24.3 Å². The summed E-state index contributed by atoms with van der Waals surface area (Å²) in [6.07, 6.45) is 0. The molecule has 5 nitrogen and oxygen atoms in total. The number of nitrogens with one attached hydrogen (secondary N) is 1. The SMILES string of the molecule is COc1ccccc1N1CCN(c2ccc(=S)[nH]n2)CC1. The molecule has 1 aliphatic rings. The minimum absolute atomic E-state index is 0.659. The standard InChI is InChI=1S/C15H18N4OS/c1-20-13-5-3-2-4-12(13)18-8-10-19(11-9-18)14-6-7-15(21)17-16-14/h2-7H,8-11H2,1H3,(H,17,21). The Bertz CT molecular complexity index is 644. The number of anilines is 2. The zero-order valence-corrected chi connectivity index (χ0v) is 12.8. The third kappa shape index (κ3) is 3.00. The maximum Gasteiger partial charge on any atom is 0.149 e. The zero-order chi connectivity index (χ0) is 14.7. The number of aromatic amines is 1. The fraction of sp³-hybridized carbons (Fsp3) is 0.333. The maximum atomic E-state index is 5.44. The molecule has 0 bridgehead atoms. The molecule has 0 spiro atoms. The van der Waals surface area contributed by atoms with Crippen molar-refractivity contribution in [2.45, 2.75) is 0 Å². The zero-order valence-electron chi connectivity index (χ0n) is 12.0. The van der Waals surface area contributed by atoms with E-state index in [9.17, 15) is 0 Å². The summed E-state index contributed by atoms with van der Waals surface area (Å²) in [6.45, 7) is 3.74. The van der Waals surface area contributed by atoms with Gasteiger partial charge in [0.15, 0.2) is 0 Å². The number of rotatable bonds is 3. The van der Waals surface area contributed by atoms with E-state index in [-0.39, 0.29) is 0 Å². The predicted octanol–water partition coefficient (Wildman–Crippen LogP) is 2.47. The van der Waals surface area contributed by atoms with Gasteiger partial charge in [0.2, 0.25) is 0 Å². The van der Waals surface area contributed by atoms with Gasteiger partial charge in [0.05, 0.1) is 12.8 Å². The lowest BCUT2D eigenvalue weighted by molar-refractivity contribution is 0.413. The number of hydrogen-bond donors (Lipinski definition) is 1. The van der Waals surface area contributed by atoms with Crippen LogP contribution in [0.4, 0.5) is 11.5 Å². The number of hydrogen-bond acceptors (Lipinski definition) is 5. The van der Waals surface area contributed by atoms with Crippen molar-refractivity contribution in [3.63, 3.8) is 0 Å². The van der Waals surface area contributed by atoms with Crippen LogP contribution in [0.15, 0.2) is 36.4 Å². The minimum atomic E-state index is 0.659. The Morgan fingerprint density at radius 1 is 1.05 bits per heavy atom. The van der Waals surface area contributed by atoms with E-state index >= 15 is 0 Å². The molecular weight excluding hydrogens is 284 g/mol. The lowest BCUT2D eigenvalue weighted by Crippen LogP contribution is -2.47. The van der Waals surface area contributed by atoms with E-state index in [0.29, 0.717) is 4.64 Å². The summed E-state index contributed by atoms with van der Waals surface area (Å²) in [4.78, 5) is 4.61. The molecule has 1 aromatic heterocycles. The Morgan fingerprint density at radius 2 is 1.76 bits per heavy atom. The monoisotopic (exact) mass is 302 g/mol. The molecule has 0 unspecified atom stereocenters. The van der Waals surface area contributed by atoms with Crippen molar-refractivity contribution >= 4 is 23.7 Å². The third-order valence-electron chi connectivity index (χ3n) is 3.69. The Labute approximate surface area is 129 Å². The first-order chi connectivity index (χ1) is 10.3. The first-order valence-electron chi connectivity index (χ1n) is 6.96. The summed E-state index contributed by atoms with van der Waals surface area (Å²) in [5, 5.41) is 7.13. The van der Waals surface area contributed by atoms with E-state index in [1.807, 2.05) is 30.3 Å². The maximum absolute atomic E-state index is 5.44. The van der Waals surface area contributed by atoms with Crippen LogP contribution in [0, 0.1) is 4.64 Å². The molecule has 1 aromatic carbocycles. The number of para-hydroxylation sites is 2. The molecule has 2 aromatic rings. The third-order valence-corrected chi connectivity index (χ3v) is 3.92. The van der Waals surface area contributed by atoms with Gasteiger partial charge >= 0.3 is 0 Å². The number of ether oxygens (including phenoxy) is 1. The first kappa shape index (κ1) is 13.9. The second kappa shape index (κ2) is 6.13. The molecule has 0 saturated carbocycles. The van der Waals surface area contributed by atoms with Gasteiger partial charge in [0.25, 0.3) is 0 Å². The van der Waals surface area contributed by atoms with Crippen LogP contribution in [0.5, 0.6) is 5.75 Å². The first-order valence-corrected chi connectivity index (χ1v) is 7.37. The fourth-order valence-corrected chi connectivity index (χ4v) is 2.69. The topological polar surface area (TPSA) is 44.4 Å². The van der Waals surface area contributed by atoms with E-state index in [1.54, 1.807) is 7.11 Å². The summed E-state index contributed by atoms with van der Waals surface area (Å²) < 4.78 is 6.10. The summed E-state index contributed by atoms with van der Waals surface area (Å²) >= 11 is 5.02. The second-order valence-electron chi connectivity index (χ2n) is 4.93. The van der Waals surface area contributed by atoms with E-state index in [2.05, 4.69) is 26.1 Å². The summed E-state index contributed by atoms with van der Waals surface area (Å²) in [5.74, 6) is 1.87. The molecular formula is C15H18N4OS. The predicted molar refractivity (Wildman–Crippen MR) is 86.8 cm³/mol. The molecule has 1 fully saturated rings. The van der Waals surface area contributed by atoms with Gasteiger partial charge < -0.3 is 14.5 Å². The molecule has 0 amide bonds. The van der Waals surface area contributed by atoms with Crippen LogP contribution >= 0.6 is 12.2 Å². The van der Waals surface area contributed by atoms with Crippen molar-refractivity contribution < 1.29 is 4.74 Å². The molecule has 1 saturated heterocycles. The van der Waals surface area contributed by atoms with Crippen molar-refractivity contribution in [1.82, 2.24) is 10.2 Å². The van der Waals surface area contributed by atoms with Crippen LogP contribution in [0.3, 0.4) is 0 Å². The lowest BCUT2D eigenvalue weighted by Gasteiger charge is -2.37. The molecule has 0 atom stereocenters. The quantitative estimate of drug-likeness (QED) is 0.883. The average molecular weight is 302 g/mol. The Hall–Kier alpha value is -2.08. The number of benzene rings is 1. The number of H-pyrrole nitrogens is 1. The highest BCUT2D eigenvalue weighted by Gasteiger charge is 2.20. The van der Waals surface area contributed by atoms with E-state index < -0.39 is 0 Å². The number of piperazine rings is 1. The molecule has 0 radical (unpaired) electrons. The van der Waals surface area contributed by atoms with Crippen molar-refractivity contribution in [2.24, 2.45) is 0 Å². The Balaban J connectivity index is 1.70.